The summed E-state index contributed by atoms with van der Waals surface area (Å²) in [6.45, 7) is 0.358. The number of hydrogen-bond acceptors (Lipinski definition) is 4. The molecule has 0 fully saturated rings. The van der Waals surface area contributed by atoms with Crippen molar-refractivity contribution in [1.29, 1.82) is 0 Å². The van der Waals surface area contributed by atoms with Crippen LogP contribution in [-0.4, -0.2) is 24.1 Å². The van der Waals surface area contributed by atoms with Gasteiger partial charge in [-0.05, 0) is 0 Å². The summed E-state index contributed by atoms with van der Waals surface area (Å²) in [5.74, 6) is 0.216. The number of aliphatic hydroxyl groups excluding tert-OH is 1. The Morgan fingerprint density at radius 1 is 1.89 bits per heavy atom. The second-order valence-electron chi connectivity index (χ2n) is 1.80. The summed E-state index contributed by atoms with van der Waals surface area (Å²) < 4.78 is 0. The molecule has 0 spiro atoms. The van der Waals surface area contributed by atoms with E-state index in [0.717, 1.165) is 6.29 Å². The van der Waals surface area contributed by atoms with Crippen LogP contribution in [0.3, 0.4) is 0 Å². The van der Waals surface area contributed by atoms with Crippen molar-refractivity contribution in [1.82, 2.24) is 10.6 Å². The zero-order valence-electron chi connectivity index (χ0n) is 4.79. The van der Waals surface area contributed by atoms with Crippen LogP contribution in [0.2, 0.25) is 0 Å². The Balaban J connectivity index is 2.45. The topological polar surface area (TPSA) is 61.4 Å². The fourth-order valence-electron chi connectivity index (χ4n) is 0.598. The quantitative estimate of drug-likeness (QED) is 0.401. The van der Waals surface area contributed by atoms with Gasteiger partial charge in [0.15, 0.2) is 6.29 Å². The van der Waals surface area contributed by atoms with Crippen LogP contribution >= 0.6 is 0 Å². The van der Waals surface area contributed by atoms with Crippen LogP contribution in [0.1, 0.15) is 0 Å². The van der Waals surface area contributed by atoms with Crippen molar-refractivity contribution in [2.75, 3.05) is 6.54 Å². The molecule has 0 aromatic carbocycles. The van der Waals surface area contributed by atoms with E-state index in [9.17, 15) is 4.79 Å². The molecule has 1 unspecified atom stereocenters. The summed E-state index contributed by atoms with van der Waals surface area (Å²) in [4.78, 5) is 10.0. The van der Waals surface area contributed by atoms with Gasteiger partial charge in [-0.15, -0.1) is 0 Å². The van der Waals surface area contributed by atoms with Crippen molar-refractivity contribution in [2.45, 2.75) is 6.17 Å². The molecule has 1 aliphatic heterocycles. The summed E-state index contributed by atoms with van der Waals surface area (Å²) in [5, 5.41) is 14.1. The molecule has 4 heteroatoms. The molecule has 4 nitrogen and oxygen atoms in total. The maximum absolute atomic E-state index is 10.0. The van der Waals surface area contributed by atoms with E-state index in [1.807, 2.05) is 0 Å². The minimum absolute atomic E-state index is 0.216. The first-order valence-corrected chi connectivity index (χ1v) is 2.65. The third-order valence-electron chi connectivity index (χ3n) is 1.07. The lowest BCUT2D eigenvalue weighted by Crippen LogP contribution is -2.45. The van der Waals surface area contributed by atoms with Gasteiger partial charge in [0.1, 0.15) is 11.9 Å². The van der Waals surface area contributed by atoms with E-state index in [-0.39, 0.29) is 11.9 Å². The number of aliphatic hydroxyl groups is 1. The highest BCUT2D eigenvalue weighted by Gasteiger charge is 2.08. The zero-order chi connectivity index (χ0) is 6.69. The van der Waals surface area contributed by atoms with Gasteiger partial charge in [-0.25, -0.2) is 0 Å². The number of rotatable bonds is 1. The lowest BCUT2D eigenvalue weighted by atomic mass is 10.4. The Labute approximate surface area is 52.6 Å². The van der Waals surface area contributed by atoms with Gasteiger partial charge < -0.3 is 10.4 Å². The molecule has 0 amide bonds. The molecule has 50 valence electrons. The van der Waals surface area contributed by atoms with Crippen molar-refractivity contribution >= 4 is 6.29 Å². The van der Waals surface area contributed by atoms with Crippen molar-refractivity contribution in [2.24, 2.45) is 0 Å². The fraction of sp³-hybridized carbons (Fsp3) is 0.400. The summed E-state index contributed by atoms with van der Waals surface area (Å²) >= 11 is 0. The number of carbonyl (C=O) groups is 1. The summed E-state index contributed by atoms with van der Waals surface area (Å²) in [5.41, 5.74) is 0. The van der Waals surface area contributed by atoms with Crippen molar-refractivity contribution in [3.63, 3.8) is 0 Å². The third-order valence-corrected chi connectivity index (χ3v) is 1.07. The Hall–Kier alpha value is -1.03. The molecule has 0 saturated carbocycles. The molecule has 1 heterocycles. The highest BCUT2D eigenvalue weighted by atomic mass is 16.3. The first kappa shape index (κ1) is 6.10. The molecule has 0 aromatic heterocycles. The zero-order valence-corrected chi connectivity index (χ0v) is 4.79. The van der Waals surface area contributed by atoms with Crippen LogP contribution in [0.5, 0.6) is 0 Å². The van der Waals surface area contributed by atoms with E-state index >= 15 is 0 Å². The van der Waals surface area contributed by atoms with Crippen LogP contribution in [0, 0.1) is 0 Å². The van der Waals surface area contributed by atoms with Gasteiger partial charge in [0.25, 0.3) is 0 Å². The average Bonchev–Trinajstić information content (AvgIpc) is 1.90. The molecule has 0 bridgehead atoms. The molecule has 0 aliphatic carbocycles. The molecular formula is C5H8N2O2. The van der Waals surface area contributed by atoms with Gasteiger partial charge in [-0.1, -0.05) is 0 Å². The fourth-order valence-corrected chi connectivity index (χ4v) is 0.598. The van der Waals surface area contributed by atoms with Gasteiger partial charge in [0.2, 0.25) is 0 Å². The first-order valence-electron chi connectivity index (χ1n) is 2.65. The van der Waals surface area contributed by atoms with E-state index in [1.54, 1.807) is 0 Å². The Morgan fingerprint density at radius 2 is 2.67 bits per heavy atom. The Bertz CT molecular complexity index is 144. The largest absolute Gasteiger partial charge is 0.509 e. The minimum Gasteiger partial charge on any atom is -0.509 e. The van der Waals surface area contributed by atoms with Gasteiger partial charge in [-0.3, -0.25) is 10.1 Å². The van der Waals surface area contributed by atoms with Gasteiger partial charge >= 0.3 is 0 Å². The summed E-state index contributed by atoms with van der Waals surface area (Å²) in [7, 11) is 0. The minimum atomic E-state index is -0.346. The molecule has 3 N–H and O–H groups in total. The highest BCUT2D eigenvalue weighted by molar-refractivity contribution is 5.57. The predicted octanol–water partition coefficient (Wildman–Crippen LogP) is -0.896. The van der Waals surface area contributed by atoms with Crippen LogP contribution in [-0.2, 0) is 4.79 Å². The normalized spacial score (nSPS) is 26.2. The van der Waals surface area contributed by atoms with E-state index in [2.05, 4.69) is 10.6 Å². The maximum Gasteiger partial charge on any atom is 0.157 e. The monoisotopic (exact) mass is 128 g/mol. The van der Waals surface area contributed by atoms with E-state index in [4.69, 9.17) is 5.11 Å². The third kappa shape index (κ3) is 1.43. The molecule has 9 heavy (non-hydrogen) atoms. The molecule has 1 rings (SSSR count). The Morgan fingerprint density at radius 3 is 3.11 bits per heavy atom. The molecule has 0 radical (unpaired) electrons. The SMILES string of the molecule is O=CC1NC=C(O)CN1. The van der Waals surface area contributed by atoms with E-state index in [0.29, 0.717) is 6.54 Å². The number of carbonyl (C=O) groups excluding carboxylic acids is 1. The van der Waals surface area contributed by atoms with Crippen molar-refractivity contribution < 1.29 is 9.90 Å². The van der Waals surface area contributed by atoms with Gasteiger partial charge in [-0.2, -0.15) is 0 Å². The number of hydrogen-bond donors (Lipinski definition) is 3. The van der Waals surface area contributed by atoms with Crippen LogP contribution in [0.4, 0.5) is 0 Å². The Kier molecular flexibility index (Phi) is 1.69. The smallest absolute Gasteiger partial charge is 0.157 e. The average molecular weight is 128 g/mol. The van der Waals surface area contributed by atoms with Gasteiger partial charge in [0.05, 0.1) is 6.54 Å². The van der Waals surface area contributed by atoms with Crippen molar-refractivity contribution in [3.05, 3.63) is 12.0 Å². The van der Waals surface area contributed by atoms with Crippen LogP contribution in [0.15, 0.2) is 12.0 Å². The highest BCUT2D eigenvalue weighted by Crippen LogP contribution is 1.89. The maximum atomic E-state index is 10.0. The molecule has 0 aromatic rings. The molecule has 0 saturated heterocycles. The number of aldehydes is 1. The predicted molar refractivity (Wildman–Crippen MR) is 31.7 cm³/mol. The van der Waals surface area contributed by atoms with E-state index < -0.39 is 0 Å². The number of nitrogens with one attached hydrogen (secondary N) is 2. The van der Waals surface area contributed by atoms with Crippen LogP contribution < -0.4 is 10.6 Å². The summed E-state index contributed by atoms with van der Waals surface area (Å²) in [6.07, 6.45) is 1.80. The lowest BCUT2D eigenvalue weighted by molar-refractivity contribution is -0.110. The molecule has 1 atom stereocenters. The second kappa shape index (κ2) is 2.50. The second-order valence-corrected chi connectivity index (χ2v) is 1.80. The van der Waals surface area contributed by atoms with E-state index in [1.165, 1.54) is 6.20 Å². The standard InChI is InChI=1S/C5H8N2O2/c8-3-5-6-1-4(9)2-7-5/h1,3,5-7,9H,2H2. The van der Waals surface area contributed by atoms with Crippen LogP contribution in [0.25, 0.3) is 0 Å². The molecule has 1 aliphatic rings. The summed E-state index contributed by atoms with van der Waals surface area (Å²) in [6, 6.07) is 0. The lowest BCUT2D eigenvalue weighted by Gasteiger charge is -2.17. The van der Waals surface area contributed by atoms with Crippen molar-refractivity contribution in [3.8, 4) is 0 Å². The molecular weight excluding hydrogens is 120 g/mol. The van der Waals surface area contributed by atoms with Gasteiger partial charge in [0, 0.05) is 6.20 Å². The first-order chi connectivity index (χ1) is 4.33.